The molecule has 0 amide bonds. The molecule has 0 saturated carbocycles. The second-order valence-corrected chi connectivity index (χ2v) is 6.06. The molecule has 2 rings (SSSR count). The Labute approximate surface area is 124 Å². The normalized spacial score (nSPS) is 12.6. The molecule has 0 aliphatic rings. The molecule has 102 valence electrons. The minimum Gasteiger partial charge on any atom is -0.309 e. The molecule has 0 aliphatic heterocycles. The van der Waals surface area contributed by atoms with Crippen LogP contribution in [0.25, 0.3) is 0 Å². The van der Waals surface area contributed by atoms with Crippen molar-refractivity contribution in [2.24, 2.45) is 0 Å². The van der Waals surface area contributed by atoms with Crippen LogP contribution < -0.4 is 5.32 Å². The number of aryl methyl sites for hydroxylation is 2. The SMILES string of the molecule is CCNC(CCc1ccccc1C)c1sccc1Cl. The molecular weight excluding hydrogens is 274 g/mol. The Morgan fingerprint density at radius 1 is 1.26 bits per heavy atom. The van der Waals surface area contributed by atoms with Crippen LogP contribution in [0.1, 0.15) is 35.4 Å². The summed E-state index contributed by atoms with van der Waals surface area (Å²) in [7, 11) is 0. The average molecular weight is 294 g/mol. The first-order chi connectivity index (χ1) is 9.22. The smallest absolute Gasteiger partial charge is 0.0561 e. The second kappa shape index (κ2) is 7.09. The fraction of sp³-hybridized carbons (Fsp3) is 0.375. The fourth-order valence-corrected chi connectivity index (χ4v) is 3.62. The van der Waals surface area contributed by atoms with Gasteiger partial charge in [-0.1, -0.05) is 42.8 Å². The van der Waals surface area contributed by atoms with Crippen LogP contribution in [0, 0.1) is 6.92 Å². The zero-order valence-electron chi connectivity index (χ0n) is 11.4. The molecule has 1 heterocycles. The molecule has 2 aromatic rings. The molecule has 0 saturated heterocycles. The van der Waals surface area contributed by atoms with Crippen molar-refractivity contribution in [3.63, 3.8) is 0 Å². The summed E-state index contributed by atoms with van der Waals surface area (Å²) >= 11 is 8.00. The standard InChI is InChI=1S/C16H20ClNS/c1-3-18-15(16-14(17)10-11-19-16)9-8-13-7-5-4-6-12(13)2/h4-7,10-11,15,18H,3,8-9H2,1-2H3. The van der Waals surface area contributed by atoms with Gasteiger partial charge in [0.1, 0.15) is 0 Å². The Balaban J connectivity index is 2.06. The van der Waals surface area contributed by atoms with Gasteiger partial charge in [-0.2, -0.15) is 0 Å². The van der Waals surface area contributed by atoms with Crippen LogP contribution in [0.15, 0.2) is 35.7 Å². The number of hydrogen-bond donors (Lipinski definition) is 1. The molecule has 3 heteroatoms. The van der Waals surface area contributed by atoms with E-state index in [-0.39, 0.29) is 0 Å². The minimum atomic E-state index is 0.358. The van der Waals surface area contributed by atoms with Crippen LogP contribution >= 0.6 is 22.9 Å². The molecule has 1 atom stereocenters. The van der Waals surface area contributed by atoms with Crippen molar-refractivity contribution in [3.8, 4) is 0 Å². The van der Waals surface area contributed by atoms with E-state index in [0.717, 1.165) is 24.4 Å². The Hall–Kier alpha value is -0.830. The molecular formula is C16H20ClNS. The van der Waals surface area contributed by atoms with Gasteiger partial charge in [0.25, 0.3) is 0 Å². The molecule has 1 aromatic carbocycles. The van der Waals surface area contributed by atoms with Gasteiger partial charge in [0.15, 0.2) is 0 Å². The summed E-state index contributed by atoms with van der Waals surface area (Å²) in [6.45, 7) is 5.28. The number of halogens is 1. The average Bonchev–Trinajstić information content (AvgIpc) is 2.82. The molecule has 1 nitrogen and oxygen atoms in total. The lowest BCUT2D eigenvalue weighted by molar-refractivity contribution is 0.522. The van der Waals surface area contributed by atoms with Crippen molar-refractivity contribution in [1.29, 1.82) is 0 Å². The van der Waals surface area contributed by atoms with E-state index in [9.17, 15) is 0 Å². The third kappa shape index (κ3) is 3.82. The summed E-state index contributed by atoms with van der Waals surface area (Å²) in [4.78, 5) is 1.26. The van der Waals surface area contributed by atoms with E-state index in [0.29, 0.717) is 6.04 Å². The number of hydrogen-bond acceptors (Lipinski definition) is 2. The lowest BCUT2D eigenvalue weighted by Crippen LogP contribution is -2.21. The van der Waals surface area contributed by atoms with Crippen molar-refractivity contribution in [3.05, 3.63) is 56.7 Å². The first-order valence-corrected chi connectivity index (χ1v) is 7.99. The highest BCUT2D eigenvalue weighted by Crippen LogP contribution is 2.31. The maximum Gasteiger partial charge on any atom is 0.0561 e. The molecule has 19 heavy (non-hydrogen) atoms. The van der Waals surface area contributed by atoms with Gasteiger partial charge in [0.05, 0.1) is 5.02 Å². The summed E-state index contributed by atoms with van der Waals surface area (Å²) < 4.78 is 0. The summed E-state index contributed by atoms with van der Waals surface area (Å²) in [5.74, 6) is 0. The monoisotopic (exact) mass is 293 g/mol. The second-order valence-electron chi connectivity index (χ2n) is 4.71. The molecule has 0 bridgehead atoms. The summed E-state index contributed by atoms with van der Waals surface area (Å²) in [6, 6.07) is 10.9. The maximum absolute atomic E-state index is 6.25. The molecule has 0 radical (unpaired) electrons. The van der Waals surface area contributed by atoms with Crippen molar-refractivity contribution in [2.75, 3.05) is 6.54 Å². The Morgan fingerprint density at radius 3 is 2.68 bits per heavy atom. The lowest BCUT2D eigenvalue weighted by Gasteiger charge is -2.17. The highest BCUT2D eigenvalue weighted by Gasteiger charge is 2.15. The number of rotatable bonds is 6. The summed E-state index contributed by atoms with van der Waals surface area (Å²) in [5, 5.41) is 6.50. The van der Waals surface area contributed by atoms with Gasteiger partial charge in [-0.15, -0.1) is 11.3 Å². The third-order valence-electron chi connectivity index (χ3n) is 3.38. The first kappa shape index (κ1) is 14.6. The summed E-state index contributed by atoms with van der Waals surface area (Å²) in [6.07, 6.45) is 2.16. The fourth-order valence-electron chi connectivity index (χ4n) is 2.32. The van der Waals surface area contributed by atoms with Crippen LogP contribution in [0.2, 0.25) is 5.02 Å². The van der Waals surface area contributed by atoms with Crippen LogP contribution in [-0.2, 0) is 6.42 Å². The van der Waals surface area contributed by atoms with Crippen molar-refractivity contribution in [2.45, 2.75) is 32.7 Å². The van der Waals surface area contributed by atoms with E-state index in [1.165, 1.54) is 16.0 Å². The van der Waals surface area contributed by atoms with Crippen molar-refractivity contribution in [1.82, 2.24) is 5.32 Å². The molecule has 1 aromatic heterocycles. The highest BCUT2D eigenvalue weighted by atomic mass is 35.5. The largest absolute Gasteiger partial charge is 0.309 e. The van der Waals surface area contributed by atoms with E-state index in [4.69, 9.17) is 11.6 Å². The number of thiophene rings is 1. The lowest BCUT2D eigenvalue weighted by atomic mass is 10.0. The van der Waals surface area contributed by atoms with Gasteiger partial charge in [-0.05, 0) is 48.9 Å². The number of benzene rings is 1. The molecule has 0 spiro atoms. The van der Waals surface area contributed by atoms with Gasteiger partial charge in [0, 0.05) is 10.9 Å². The van der Waals surface area contributed by atoms with Crippen LogP contribution in [0.3, 0.4) is 0 Å². The number of nitrogens with one attached hydrogen (secondary N) is 1. The van der Waals surface area contributed by atoms with E-state index in [1.807, 2.05) is 6.07 Å². The minimum absolute atomic E-state index is 0.358. The van der Waals surface area contributed by atoms with Gasteiger partial charge in [0.2, 0.25) is 0 Å². The molecule has 0 fully saturated rings. The maximum atomic E-state index is 6.25. The topological polar surface area (TPSA) is 12.0 Å². The Kier molecular flexibility index (Phi) is 5.44. The molecule has 1 unspecified atom stereocenters. The van der Waals surface area contributed by atoms with E-state index in [2.05, 4.69) is 48.8 Å². The van der Waals surface area contributed by atoms with E-state index < -0.39 is 0 Å². The van der Waals surface area contributed by atoms with E-state index >= 15 is 0 Å². The molecule has 0 aliphatic carbocycles. The van der Waals surface area contributed by atoms with Crippen molar-refractivity contribution >= 4 is 22.9 Å². The van der Waals surface area contributed by atoms with E-state index in [1.54, 1.807) is 11.3 Å². The van der Waals surface area contributed by atoms with Gasteiger partial charge < -0.3 is 5.32 Å². The summed E-state index contributed by atoms with van der Waals surface area (Å²) in [5.41, 5.74) is 2.80. The van der Waals surface area contributed by atoms with Crippen molar-refractivity contribution < 1.29 is 0 Å². The van der Waals surface area contributed by atoms with Gasteiger partial charge in [-0.3, -0.25) is 0 Å². The molecule has 1 N–H and O–H groups in total. The Bertz CT molecular complexity index is 521. The zero-order valence-corrected chi connectivity index (χ0v) is 13.0. The van der Waals surface area contributed by atoms with Crippen LogP contribution in [0.5, 0.6) is 0 Å². The van der Waals surface area contributed by atoms with Gasteiger partial charge in [-0.25, -0.2) is 0 Å². The predicted molar refractivity (Wildman–Crippen MR) is 85.2 cm³/mol. The quantitative estimate of drug-likeness (QED) is 0.791. The first-order valence-electron chi connectivity index (χ1n) is 6.73. The predicted octanol–water partition coefficient (Wildman–Crippen LogP) is 4.99. The Morgan fingerprint density at radius 2 is 2.05 bits per heavy atom. The highest BCUT2D eigenvalue weighted by molar-refractivity contribution is 7.10. The third-order valence-corrected chi connectivity index (χ3v) is 4.85. The van der Waals surface area contributed by atoms with Crippen LogP contribution in [0.4, 0.5) is 0 Å². The zero-order chi connectivity index (χ0) is 13.7. The van der Waals surface area contributed by atoms with Crippen LogP contribution in [-0.4, -0.2) is 6.54 Å². The van der Waals surface area contributed by atoms with Gasteiger partial charge >= 0.3 is 0 Å².